The van der Waals surface area contributed by atoms with Crippen molar-refractivity contribution in [1.82, 2.24) is 0 Å². The fraction of sp³-hybridized carbons (Fsp3) is 0.714. The molecule has 0 amide bonds. The van der Waals surface area contributed by atoms with Crippen molar-refractivity contribution in [3.8, 4) is 0 Å². The SMILES string of the molecule is CC1=[C]([Zr+2][C]2=C(C)CC=C2C2(C(C)C)CCCC2)C(C2(C(C)C)CCCC2)=CC1.[Cl-].[Cl-]. The largest absolute Gasteiger partial charge is 1.00 e. The van der Waals surface area contributed by atoms with Gasteiger partial charge in [0.05, 0.1) is 0 Å². The van der Waals surface area contributed by atoms with Crippen LogP contribution in [0.3, 0.4) is 0 Å². The molecule has 4 aliphatic rings. The molecule has 0 spiro atoms. The number of allylic oxidation sites excluding steroid dienone is 8. The molecule has 2 fully saturated rings. The van der Waals surface area contributed by atoms with E-state index in [1.54, 1.807) is 11.1 Å². The molecule has 0 unspecified atom stereocenters. The van der Waals surface area contributed by atoms with E-state index in [0.717, 1.165) is 11.8 Å². The zero-order valence-electron chi connectivity index (χ0n) is 20.6. The van der Waals surface area contributed by atoms with E-state index in [9.17, 15) is 0 Å². The summed E-state index contributed by atoms with van der Waals surface area (Å²) < 4.78 is 3.81. The van der Waals surface area contributed by atoms with E-state index in [0.29, 0.717) is 10.8 Å². The molecule has 0 nitrogen and oxygen atoms in total. The van der Waals surface area contributed by atoms with Crippen LogP contribution in [-0.4, -0.2) is 0 Å². The van der Waals surface area contributed by atoms with Gasteiger partial charge < -0.3 is 24.8 Å². The summed E-state index contributed by atoms with van der Waals surface area (Å²) in [6, 6.07) is 0. The topological polar surface area (TPSA) is 0 Å². The molecule has 31 heavy (non-hydrogen) atoms. The van der Waals surface area contributed by atoms with E-state index in [-0.39, 0.29) is 24.8 Å². The molecule has 0 aromatic rings. The molecule has 2 saturated carbocycles. The van der Waals surface area contributed by atoms with Crippen LogP contribution in [0.15, 0.2) is 41.0 Å². The van der Waals surface area contributed by atoms with Crippen LogP contribution in [0.1, 0.15) is 106 Å². The second-order valence-electron chi connectivity index (χ2n) is 11.1. The van der Waals surface area contributed by atoms with Gasteiger partial charge in [-0.05, 0) is 0 Å². The summed E-state index contributed by atoms with van der Waals surface area (Å²) >= 11 is -0.770. The van der Waals surface area contributed by atoms with Gasteiger partial charge in [0.25, 0.3) is 0 Å². The molecule has 0 aromatic carbocycles. The summed E-state index contributed by atoms with van der Waals surface area (Å²) in [7, 11) is 0. The predicted octanol–water partition coefficient (Wildman–Crippen LogP) is 2.72. The first kappa shape index (κ1) is 27.7. The molecular formula is C28H42Cl2Zr. The van der Waals surface area contributed by atoms with Crippen molar-refractivity contribution < 1.29 is 48.0 Å². The Morgan fingerprint density at radius 1 is 0.645 bits per heavy atom. The number of hydrogen-bond acceptors (Lipinski definition) is 0. The second-order valence-corrected chi connectivity index (χ2v) is 14.2. The van der Waals surface area contributed by atoms with Gasteiger partial charge in [-0.15, -0.1) is 0 Å². The average molecular weight is 541 g/mol. The summed E-state index contributed by atoms with van der Waals surface area (Å²) in [5, 5.41) is 0. The Balaban J connectivity index is 0.00000171. The van der Waals surface area contributed by atoms with Crippen molar-refractivity contribution in [2.75, 3.05) is 0 Å². The molecule has 0 saturated heterocycles. The molecule has 0 radical (unpaired) electrons. The first-order chi connectivity index (χ1) is 13.8. The van der Waals surface area contributed by atoms with Crippen molar-refractivity contribution >= 4 is 0 Å². The standard InChI is InChI=1S/2C14H21.2ClH.Zr/c2*1-11(2)14(8-4-5-9-14)13-7-6-12(3)10-13;;;/h2*7,11H,4-6,8-9H2,1-3H3;2*1H;/q;;;;+2/p-2. The Labute approximate surface area is 216 Å². The van der Waals surface area contributed by atoms with Crippen LogP contribution >= 0.6 is 0 Å². The van der Waals surface area contributed by atoms with E-state index in [1.165, 1.54) is 64.2 Å². The fourth-order valence-electron chi connectivity index (χ4n) is 7.08. The summed E-state index contributed by atoms with van der Waals surface area (Å²) in [6.45, 7) is 14.9. The molecule has 172 valence electrons. The first-order valence-corrected chi connectivity index (χ1v) is 14.9. The van der Waals surface area contributed by atoms with Gasteiger partial charge in [0.2, 0.25) is 0 Å². The van der Waals surface area contributed by atoms with E-state index >= 15 is 0 Å². The Bertz CT molecular complexity index is 716. The van der Waals surface area contributed by atoms with Crippen molar-refractivity contribution in [3.05, 3.63) is 41.0 Å². The molecule has 3 heteroatoms. The van der Waals surface area contributed by atoms with Crippen LogP contribution in [0, 0.1) is 22.7 Å². The minimum atomic E-state index is -0.770. The average Bonchev–Trinajstić information content (AvgIpc) is 3.45. The molecule has 0 aromatic heterocycles. The minimum Gasteiger partial charge on any atom is -1.00 e. The molecule has 0 aliphatic heterocycles. The molecule has 4 rings (SSSR count). The third-order valence-electron chi connectivity index (χ3n) is 9.14. The van der Waals surface area contributed by atoms with Gasteiger partial charge in [-0.3, -0.25) is 0 Å². The summed E-state index contributed by atoms with van der Waals surface area (Å²) in [5.74, 6) is 1.56. The molecular weight excluding hydrogens is 498 g/mol. The monoisotopic (exact) mass is 538 g/mol. The van der Waals surface area contributed by atoms with E-state index < -0.39 is 23.2 Å². The zero-order chi connectivity index (χ0) is 20.8. The zero-order valence-corrected chi connectivity index (χ0v) is 24.6. The minimum absolute atomic E-state index is 0. The van der Waals surface area contributed by atoms with Gasteiger partial charge in [0, 0.05) is 0 Å². The smallest absolute Gasteiger partial charge is 1.00 e. The Morgan fingerprint density at radius 2 is 0.968 bits per heavy atom. The molecule has 4 aliphatic carbocycles. The van der Waals surface area contributed by atoms with Gasteiger partial charge >= 0.3 is 193 Å². The molecule has 0 bridgehead atoms. The number of rotatable bonds is 6. The van der Waals surface area contributed by atoms with Gasteiger partial charge in [-0.1, -0.05) is 0 Å². The van der Waals surface area contributed by atoms with Crippen LogP contribution in [0.25, 0.3) is 0 Å². The number of halogens is 2. The predicted molar refractivity (Wildman–Crippen MR) is 122 cm³/mol. The van der Waals surface area contributed by atoms with Gasteiger partial charge in [0.15, 0.2) is 0 Å². The van der Waals surface area contributed by atoms with E-state index in [4.69, 9.17) is 0 Å². The third kappa shape index (κ3) is 4.69. The van der Waals surface area contributed by atoms with E-state index in [2.05, 4.69) is 53.7 Å². The normalized spacial score (nSPS) is 24.4. The van der Waals surface area contributed by atoms with Crippen molar-refractivity contribution in [1.29, 1.82) is 0 Å². The van der Waals surface area contributed by atoms with Crippen LogP contribution in [0.5, 0.6) is 0 Å². The fourth-order valence-corrected chi connectivity index (χ4v) is 11.6. The molecule has 0 atom stereocenters. The van der Waals surface area contributed by atoms with Crippen molar-refractivity contribution in [2.24, 2.45) is 22.7 Å². The third-order valence-corrected chi connectivity index (χ3v) is 13.8. The molecule has 0 heterocycles. The summed E-state index contributed by atoms with van der Waals surface area (Å²) in [4.78, 5) is 0. The van der Waals surface area contributed by atoms with Gasteiger partial charge in [-0.2, -0.15) is 0 Å². The Morgan fingerprint density at radius 3 is 1.26 bits per heavy atom. The van der Waals surface area contributed by atoms with Crippen LogP contribution < -0.4 is 24.8 Å². The summed E-state index contributed by atoms with van der Waals surface area (Å²) in [6.07, 6.45) is 19.3. The maximum atomic E-state index is 2.68. The van der Waals surface area contributed by atoms with Crippen LogP contribution in [-0.2, 0) is 23.2 Å². The van der Waals surface area contributed by atoms with Crippen LogP contribution in [0.2, 0.25) is 0 Å². The van der Waals surface area contributed by atoms with Gasteiger partial charge in [-0.25, -0.2) is 0 Å². The second kappa shape index (κ2) is 10.8. The Kier molecular flexibility index (Phi) is 9.62. The first-order valence-electron chi connectivity index (χ1n) is 12.4. The molecule has 0 N–H and O–H groups in total. The van der Waals surface area contributed by atoms with E-state index in [1.807, 2.05) is 17.7 Å². The van der Waals surface area contributed by atoms with Crippen molar-refractivity contribution in [3.63, 3.8) is 0 Å². The quantitative estimate of drug-likeness (QED) is 0.486. The van der Waals surface area contributed by atoms with Gasteiger partial charge in [0.1, 0.15) is 0 Å². The maximum absolute atomic E-state index is 2.68. The van der Waals surface area contributed by atoms with Crippen molar-refractivity contribution in [2.45, 2.75) is 106 Å². The summed E-state index contributed by atoms with van der Waals surface area (Å²) in [5.41, 5.74) is 8.13. The number of hydrogen-bond donors (Lipinski definition) is 0. The Hall–Kier alpha value is 0.423. The maximum Gasteiger partial charge on any atom is -1.00 e. The van der Waals surface area contributed by atoms with Crippen LogP contribution in [0.4, 0.5) is 0 Å².